The molecule has 0 radical (unpaired) electrons. The van der Waals surface area contributed by atoms with E-state index in [1.165, 1.54) is 36.0 Å². The first-order valence-corrected chi connectivity index (χ1v) is 7.92. The first-order chi connectivity index (χ1) is 13.3. The van der Waals surface area contributed by atoms with E-state index < -0.39 is 0 Å². The van der Waals surface area contributed by atoms with E-state index in [-0.39, 0.29) is 0 Å². The number of nitrogens with zero attached hydrogens (tertiary/aromatic N) is 1. The minimum absolute atomic E-state index is 0.426. The molecular weight excluding hydrogens is 386 g/mol. The summed E-state index contributed by atoms with van der Waals surface area (Å²) in [5, 5.41) is 0. The van der Waals surface area contributed by atoms with Gasteiger partial charge in [0.2, 0.25) is 0 Å². The van der Waals surface area contributed by atoms with Crippen molar-refractivity contribution in [1.82, 2.24) is 4.90 Å². The molecule has 7 heteroatoms. The van der Waals surface area contributed by atoms with E-state index in [1.807, 2.05) is 0 Å². The molecule has 2 rings (SSSR count). The zero-order chi connectivity index (χ0) is 22.1. The molecule has 0 aliphatic carbocycles. The van der Waals surface area contributed by atoms with Gasteiger partial charge in [-0.05, 0) is 0 Å². The molecule has 0 amide bonds. The topological polar surface area (TPSA) is 103 Å². The number of likely N-dealkylation sites (tertiary alicyclic amines) is 1. The molecule has 140 valence electrons. The molecule has 1 aromatic rings. The van der Waals surface area contributed by atoms with E-state index in [4.69, 9.17) is 23.3 Å². The fourth-order valence-electron chi connectivity index (χ4n) is 2.31. The molecule has 1 atom stereocenters. The van der Waals surface area contributed by atoms with Gasteiger partial charge in [-0.1, -0.05) is 0 Å². The van der Waals surface area contributed by atoms with E-state index in [0.717, 1.165) is 6.42 Å². The summed E-state index contributed by atoms with van der Waals surface area (Å²) in [5.74, 6) is 0.426. The van der Waals surface area contributed by atoms with Crippen molar-refractivity contribution in [3.8, 4) is 0 Å². The quantitative estimate of drug-likeness (QED) is 0.420. The third kappa shape index (κ3) is 16.0. The summed E-state index contributed by atoms with van der Waals surface area (Å²) >= 11 is 3.26. The Kier molecular flexibility index (Phi) is 34.9. The van der Waals surface area contributed by atoms with Gasteiger partial charge in [0.1, 0.15) is 0 Å². The summed E-state index contributed by atoms with van der Waals surface area (Å²) in [6, 6.07) is 10.6. The standard InChI is InChI=1S/C15H19N.5CO.Cr/c1-2-14(13-16-10-6-7-11-16)12-15-8-4-3-5-9-15;5*1-2;/h2-5,8-9,14H,1,6-7,10-12H2;;;;;;. The Balaban J connectivity index is -0.000000230. The van der Waals surface area contributed by atoms with Crippen LogP contribution in [-0.2, 0) is 45.5 Å². The zero-order valence-corrected chi connectivity index (χ0v) is 16.0. The van der Waals surface area contributed by atoms with E-state index in [9.17, 15) is 0 Å². The third-order valence-electron chi connectivity index (χ3n) is 3.32. The summed E-state index contributed by atoms with van der Waals surface area (Å²) in [5.41, 5.74) is 1.38. The van der Waals surface area contributed by atoms with Crippen molar-refractivity contribution in [2.75, 3.05) is 13.1 Å². The van der Waals surface area contributed by atoms with Crippen LogP contribution in [0.25, 0.3) is 0 Å². The van der Waals surface area contributed by atoms with Crippen molar-refractivity contribution >= 4 is 4.50 Å². The molecular formula is C20H19CrNO5. The van der Waals surface area contributed by atoms with Crippen molar-refractivity contribution in [2.45, 2.75) is 19.3 Å². The second kappa shape index (κ2) is 28.8. The molecule has 1 aliphatic heterocycles. The van der Waals surface area contributed by atoms with Crippen molar-refractivity contribution in [1.29, 1.82) is 0 Å². The van der Waals surface area contributed by atoms with Crippen molar-refractivity contribution in [2.24, 2.45) is 5.92 Å². The van der Waals surface area contributed by atoms with Crippen LogP contribution in [0.2, 0.25) is 0 Å². The molecule has 1 heterocycles. The number of hydrogen-bond acceptors (Lipinski definition) is 1. The molecule has 1 aliphatic rings. The first kappa shape index (κ1) is 32.7. The molecule has 1 fully saturated rings. The Morgan fingerprint density at radius 3 is 1.70 bits per heavy atom. The number of rotatable bonds is 5. The molecule has 1 saturated heterocycles. The third-order valence-corrected chi connectivity index (χ3v) is 4.19. The van der Waals surface area contributed by atoms with Crippen LogP contribution in [0.15, 0.2) is 43.0 Å². The van der Waals surface area contributed by atoms with Crippen LogP contribution in [0.3, 0.4) is 0 Å². The maximum atomic E-state index is 7.50. The summed E-state index contributed by atoms with van der Waals surface area (Å²) in [6.45, 7) is 28.9. The van der Waals surface area contributed by atoms with Crippen LogP contribution in [0, 0.1) is 39.2 Å². The second-order valence-corrected chi connectivity index (χ2v) is 5.22. The van der Waals surface area contributed by atoms with E-state index in [1.54, 1.807) is 0 Å². The van der Waals surface area contributed by atoms with Crippen LogP contribution in [0.4, 0.5) is 0 Å². The molecule has 0 spiro atoms. The molecule has 1 unspecified atom stereocenters. The summed E-state index contributed by atoms with van der Waals surface area (Å²) < 4.78 is 38.9. The Morgan fingerprint density at radius 2 is 1.33 bits per heavy atom. The van der Waals surface area contributed by atoms with Gasteiger partial charge in [0.25, 0.3) is 0 Å². The monoisotopic (exact) mass is 405 g/mol. The molecule has 0 aromatic heterocycles. The van der Waals surface area contributed by atoms with E-state index in [2.05, 4.69) is 97.0 Å². The fourth-order valence-corrected chi connectivity index (χ4v) is 2.88. The Morgan fingerprint density at radius 1 is 0.926 bits per heavy atom. The second-order valence-electron chi connectivity index (χ2n) is 4.56. The maximum absolute atomic E-state index is 7.50. The Hall–Kier alpha value is -1.98. The van der Waals surface area contributed by atoms with Gasteiger partial charge in [0.15, 0.2) is 0 Å². The van der Waals surface area contributed by atoms with Gasteiger partial charge in [-0.15, -0.1) is 0 Å². The average Bonchev–Trinajstić information content (AvgIpc) is 3.34. The average molecular weight is 405 g/mol. The first-order valence-electron chi connectivity index (χ1n) is 7.28. The van der Waals surface area contributed by atoms with Gasteiger partial charge in [0, 0.05) is 0 Å². The summed E-state index contributed by atoms with van der Waals surface area (Å²) in [4.78, 5) is 2.47. The molecule has 6 nitrogen and oxygen atoms in total. The van der Waals surface area contributed by atoms with Gasteiger partial charge >= 0.3 is 169 Å². The zero-order valence-electron chi connectivity index (χ0n) is 14.7. The van der Waals surface area contributed by atoms with Crippen molar-refractivity contribution < 1.29 is 39.1 Å². The molecule has 0 bridgehead atoms. The van der Waals surface area contributed by atoms with Crippen LogP contribution >= 0.6 is 0 Å². The van der Waals surface area contributed by atoms with E-state index in [0.29, 0.717) is 5.92 Å². The van der Waals surface area contributed by atoms with Crippen molar-refractivity contribution in [3.05, 3.63) is 81.8 Å². The Bertz CT molecular complexity index is 549. The molecule has 0 saturated carbocycles. The number of hydrogen-bond donors (Lipinski definition) is 0. The van der Waals surface area contributed by atoms with Crippen LogP contribution in [0.5, 0.6) is 0 Å². The van der Waals surface area contributed by atoms with Gasteiger partial charge in [-0.25, -0.2) is 0 Å². The SMILES string of the molecule is C=CC(Cc1ccccc1)[C](=[Cr])N1CCCC1.[C-]#[O+].[C-]#[O+].[C-]#[O+].[C-]#[O+].[C-]#[O+]. The van der Waals surface area contributed by atoms with Crippen LogP contribution in [0.1, 0.15) is 18.4 Å². The fraction of sp³-hybridized carbons (Fsp3) is 0.300. The van der Waals surface area contributed by atoms with Gasteiger partial charge in [0.05, 0.1) is 0 Å². The predicted molar refractivity (Wildman–Crippen MR) is 89.3 cm³/mol. The van der Waals surface area contributed by atoms with Gasteiger partial charge < -0.3 is 0 Å². The predicted octanol–water partition coefficient (Wildman–Crippen LogP) is 2.62. The summed E-state index contributed by atoms with van der Waals surface area (Å²) in [6.07, 6.45) is 5.75. The molecule has 1 aromatic carbocycles. The van der Waals surface area contributed by atoms with Gasteiger partial charge in [-0.2, -0.15) is 0 Å². The van der Waals surface area contributed by atoms with Crippen molar-refractivity contribution in [3.63, 3.8) is 0 Å². The van der Waals surface area contributed by atoms with E-state index >= 15 is 0 Å². The number of benzene rings is 1. The normalized spacial score (nSPS) is 11.6. The van der Waals surface area contributed by atoms with Gasteiger partial charge in [-0.3, -0.25) is 0 Å². The summed E-state index contributed by atoms with van der Waals surface area (Å²) in [7, 11) is 0. The van der Waals surface area contributed by atoms with Crippen LogP contribution in [-0.4, -0.2) is 22.5 Å². The molecule has 0 N–H and O–H groups in total. The Labute approximate surface area is 168 Å². The van der Waals surface area contributed by atoms with Crippen LogP contribution < -0.4 is 0 Å². The minimum atomic E-state index is 0.426. The molecule has 27 heavy (non-hydrogen) atoms.